The van der Waals surface area contributed by atoms with Gasteiger partial charge in [-0.3, -0.25) is 4.90 Å². The lowest BCUT2D eigenvalue weighted by atomic mass is 10.2. The smallest absolute Gasteiger partial charge is 0.341 e. The zero-order valence-electron chi connectivity index (χ0n) is 13.1. The molecule has 0 radical (unpaired) electrons. The second-order valence-electron chi connectivity index (χ2n) is 5.22. The predicted molar refractivity (Wildman–Crippen MR) is 81.5 cm³/mol. The Kier molecular flexibility index (Phi) is 5.50. The van der Waals surface area contributed by atoms with Gasteiger partial charge in [-0.15, -0.1) is 0 Å². The van der Waals surface area contributed by atoms with E-state index in [9.17, 15) is 4.79 Å². The van der Waals surface area contributed by atoms with Crippen LogP contribution in [0.4, 0.5) is 5.95 Å². The van der Waals surface area contributed by atoms with E-state index in [4.69, 9.17) is 4.74 Å². The fourth-order valence-corrected chi connectivity index (χ4v) is 2.71. The van der Waals surface area contributed by atoms with E-state index in [1.54, 1.807) is 13.8 Å². The molecule has 0 aliphatic carbocycles. The summed E-state index contributed by atoms with van der Waals surface area (Å²) >= 11 is 0. The maximum Gasteiger partial charge on any atom is 0.341 e. The first-order chi connectivity index (χ1) is 10.2. The number of carbonyl (C=O) groups is 1. The van der Waals surface area contributed by atoms with Crippen LogP contribution in [-0.2, 0) is 4.74 Å². The van der Waals surface area contributed by atoms with Crippen molar-refractivity contribution in [2.45, 2.75) is 39.7 Å². The number of likely N-dealkylation sites (N-methyl/N-ethyl adjacent to an activating group) is 1. The molecule has 0 bridgehead atoms. The second kappa shape index (κ2) is 7.36. The van der Waals surface area contributed by atoms with Gasteiger partial charge in [-0.25, -0.2) is 14.8 Å². The molecule has 1 N–H and O–H groups in total. The SMILES string of the molecule is CCOC(=O)c1cnc(NCC2CCCN2CC)nc1C. The molecule has 6 heteroatoms. The molecule has 1 unspecified atom stereocenters. The van der Waals surface area contributed by atoms with E-state index in [0.29, 0.717) is 29.9 Å². The van der Waals surface area contributed by atoms with Crippen LogP contribution in [-0.4, -0.2) is 53.1 Å². The molecule has 0 saturated carbocycles. The first-order valence-electron chi connectivity index (χ1n) is 7.64. The summed E-state index contributed by atoms with van der Waals surface area (Å²) in [6, 6.07) is 0.545. The number of aryl methyl sites for hydroxylation is 1. The number of hydrogen-bond acceptors (Lipinski definition) is 6. The molecule has 6 nitrogen and oxygen atoms in total. The Morgan fingerprint density at radius 3 is 3.00 bits per heavy atom. The summed E-state index contributed by atoms with van der Waals surface area (Å²) in [5.74, 6) is 0.206. The lowest BCUT2D eigenvalue weighted by molar-refractivity contribution is 0.0524. The average Bonchev–Trinajstić information content (AvgIpc) is 2.92. The van der Waals surface area contributed by atoms with Gasteiger partial charge in [-0.05, 0) is 39.8 Å². The number of esters is 1. The van der Waals surface area contributed by atoms with Gasteiger partial charge in [-0.2, -0.15) is 0 Å². The second-order valence-corrected chi connectivity index (χ2v) is 5.22. The Hall–Kier alpha value is -1.69. The van der Waals surface area contributed by atoms with Gasteiger partial charge in [0.05, 0.1) is 17.9 Å². The van der Waals surface area contributed by atoms with Gasteiger partial charge in [0.1, 0.15) is 0 Å². The number of aromatic nitrogens is 2. The Balaban J connectivity index is 1.95. The van der Waals surface area contributed by atoms with Crippen LogP contribution in [0.2, 0.25) is 0 Å². The molecule has 1 saturated heterocycles. The first kappa shape index (κ1) is 15.7. The molecule has 116 valence electrons. The molecule has 1 aromatic heterocycles. The number of nitrogens with one attached hydrogen (secondary N) is 1. The third-order valence-corrected chi connectivity index (χ3v) is 3.88. The summed E-state index contributed by atoms with van der Waals surface area (Å²) in [7, 11) is 0. The van der Waals surface area contributed by atoms with Crippen molar-refractivity contribution in [2.24, 2.45) is 0 Å². The number of rotatable bonds is 6. The maximum atomic E-state index is 11.7. The van der Waals surface area contributed by atoms with Crippen LogP contribution in [0.5, 0.6) is 0 Å². The summed E-state index contributed by atoms with van der Waals surface area (Å²) in [6.45, 7) is 9.21. The highest BCUT2D eigenvalue weighted by Gasteiger charge is 2.22. The molecule has 0 spiro atoms. The molecular weight excluding hydrogens is 268 g/mol. The van der Waals surface area contributed by atoms with Crippen LogP contribution in [0.3, 0.4) is 0 Å². The highest BCUT2D eigenvalue weighted by Crippen LogP contribution is 2.17. The summed E-state index contributed by atoms with van der Waals surface area (Å²) in [6.07, 6.45) is 4.00. The van der Waals surface area contributed by atoms with Gasteiger partial charge < -0.3 is 10.1 Å². The minimum Gasteiger partial charge on any atom is -0.462 e. The minimum atomic E-state index is -0.366. The van der Waals surface area contributed by atoms with Gasteiger partial charge in [0.25, 0.3) is 0 Å². The normalized spacial score (nSPS) is 18.7. The van der Waals surface area contributed by atoms with Gasteiger partial charge >= 0.3 is 5.97 Å². The van der Waals surface area contributed by atoms with Crippen LogP contribution < -0.4 is 5.32 Å². The standard InChI is InChI=1S/C15H24N4O2/c1-4-19-8-6-7-12(19)9-16-15-17-10-13(11(3)18-15)14(20)21-5-2/h10,12H,4-9H2,1-3H3,(H,16,17,18). The molecule has 1 atom stereocenters. The zero-order valence-corrected chi connectivity index (χ0v) is 13.1. The molecule has 2 rings (SSSR count). The van der Waals surface area contributed by atoms with Crippen molar-refractivity contribution >= 4 is 11.9 Å². The van der Waals surface area contributed by atoms with Crippen LogP contribution in [0, 0.1) is 6.92 Å². The van der Waals surface area contributed by atoms with Gasteiger partial charge in [-0.1, -0.05) is 6.92 Å². The Morgan fingerprint density at radius 1 is 1.52 bits per heavy atom. The highest BCUT2D eigenvalue weighted by atomic mass is 16.5. The Labute approximate surface area is 125 Å². The van der Waals surface area contributed by atoms with Crippen molar-refractivity contribution in [3.05, 3.63) is 17.5 Å². The molecule has 1 fully saturated rings. The van der Waals surface area contributed by atoms with Gasteiger partial charge in [0, 0.05) is 18.8 Å². The average molecular weight is 292 g/mol. The van der Waals surface area contributed by atoms with Gasteiger partial charge in [0.15, 0.2) is 0 Å². The predicted octanol–water partition coefficient (Wildman–Crippen LogP) is 1.86. The lowest BCUT2D eigenvalue weighted by Gasteiger charge is -2.22. The third kappa shape index (κ3) is 3.91. The van der Waals surface area contributed by atoms with E-state index in [1.165, 1.54) is 25.6 Å². The fourth-order valence-electron chi connectivity index (χ4n) is 2.71. The first-order valence-corrected chi connectivity index (χ1v) is 7.64. The Bertz CT molecular complexity index is 493. The molecule has 2 heterocycles. The van der Waals surface area contributed by atoms with Crippen molar-refractivity contribution < 1.29 is 9.53 Å². The van der Waals surface area contributed by atoms with E-state index in [0.717, 1.165) is 13.1 Å². The molecule has 1 aromatic rings. The van der Waals surface area contributed by atoms with Gasteiger partial charge in [0.2, 0.25) is 5.95 Å². The zero-order chi connectivity index (χ0) is 15.2. The van der Waals surface area contributed by atoms with E-state index in [2.05, 4.69) is 27.1 Å². The van der Waals surface area contributed by atoms with E-state index in [1.807, 2.05) is 0 Å². The number of carbonyl (C=O) groups excluding carboxylic acids is 1. The van der Waals surface area contributed by atoms with E-state index in [-0.39, 0.29) is 5.97 Å². The molecule has 21 heavy (non-hydrogen) atoms. The number of likely N-dealkylation sites (tertiary alicyclic amines) is 1. The van der Waals surface area contributed by atoms with E-state index >= 15 is 0 Å². The van der Waals surface area contributed by atoms with Crippen LogP contribution in [0.25, 0.3) is 0 Å². The Morgan fingerprint density at radius 2 is 2.33 bits per heavy atom. The maximum absolute atomic E-state index is 11.7. The van der Waals surface area contributed by atoms with Crippen molar-refractivity contribution in [3.8, 4) is 0 Å². The van der Waals surface area contributed by atoms with Crippen LogP contribution in [0.15, 0.2) is 6.20 Å². The molecule has 1 aliphatic heterocycles. The molecule has 0 aromatic carbocycles. The molecule has 1 aliphatic rings. The topological polar surface area (TPSA) is 67.3 Å². The largest absolute Gasteiger partial charge is 0.462 e. The summed E-state index contributed by atoms with van der Waals surface area (Å²) < 4.78 is 4.97. The molecular formula is C15H24N4O2. The van der Waals surface area contributed by atoms with Crippen molar-refractivity contribution in [2.75, 3.05) is 31.6 Å². The monoisotopic (exact) mass is 292 g/mol. The van der Waals surface area contributed by atoms with Crippen LogP contribution >= 0.6 is 0 Å². The number of ether oxygens (including phenoxy) is 1. The lowest BCUT2D eigenvalue weighted by Crippen LogP contribution is -2.35. The summed E-state index contributed by atoms with van der Waals surface area (Å²) in [4.78, 5) is 22.7. The quantitative estimate of drug-likeness (QED) is 0.807. The molecule has 0 amide bonds. The minimum absolute atomic E-state index is 0.354. The van der Waals surface area contributed by atoms with Crippen molar-refractivity contribution in [3.63, 3.8) is 0 Å². The third-order valence-electron chi connectivity index (χ3n) is 3.88. The number of anilines is 1. The van der Waals surface area contributed by atoms with E-state index < -0.39 is 0 Å². The van der Waals surface area contributed by atoms with Crippen molar-refractivity contribution in [1.82, 2.24) is 14.9 Å². The van der Waals surface area contributed by atoms with Crippen LogP contribution in [0.1, 0.15) is 42.7 Å². The number of nitrogens with zero attached hydrogens (tertiary/aromatic N) is 3. The fraction of sp³-hybridized carbons (Fsp3) is 0.667. The summed E-state index contributed by atoms with van der Waals surface area (Å²) in [5, 5.41) is 3.27. The number of hydrogen-bond donors (Lipinski definition) is 1. The highest BCUT2D eigenvalue weighted by molar-refractivity contribution is 5.90. The summed E-state index contributed by atoms with van der Waals surface area (Å²) in [5.41, 5.74) is 1.07. The van der Waals surface area contributed by atoms with Crippen molar-refractivity contribution in [1.29, 1.82) is 0 Å².